The molecule has 0 N–H and O–H groups in total. The van der Waals surface area contributed by atoms with Gasteiger partial charge in [0.15, 0.2) is 0 Å². The molecule has 0 saturated heterocycles. The fraction of sp³-hybridized carbons (Fsp3) is 1.00. The van der Waals surface area contributed by atoms with E-state index >= 15 is 0 Å². The zero-order valence-electron chi connectivity index (χ0n) is 6.81. The molecular weight excluding hydrogens is 273 g/mol. The Morgan fingerprint density at radius 2 is 1.43 bits per heavy atom. The summed E-state index contributed by atoms with van der Waals surface area (Å²) in [5.74, 6) is -5.24. The fourth-order valence-electron chi connectivity index (χ4n) is 0.642. The summed E-state index contributed by atoms with van der Waals surface area (Å²) < 4.78 is 57.5. The highest BCUT2D eigenvalue weighted by atomic mass is 35.5. The summed E-state index contributed by atoms with van der Waals surface area (Å²) in [5, 5.41) is -1.69. The molecule has 0 aromatic heterocycles. The minimum Gasteiger partial charge on any atom is -0.193 e. The van der Waals surface area contributed by atoms with Gasteiger partial charge in [-0.2, -0.15) is 22.0 Å². The largest absolute Gasteiger partial charge is 0.456 e. The van der Waals surface area contributed by atoms with Crippen molar-refractivity contribution in [3.05, 3.63) is 0 Å². The molecule has 0 aliphatic rings. The van der Waals surface area contributed by atoms with Gasteiger partial charge in [0.25, 0.3) is 0 Å². The zero-order chi connectivity index (χ0) is 11.8. The maximum absolute atomic E-state index is 12.7. The Morgan fingerprint density at radius 3 is 1.64 bits per heavy atom. The third-order valence-corrected chi connectivity index (χ3v) is 3.39. The molecule has 0 aliphatic carbocycles. The van der Waals surface area contributed by atoms with Gasteiger partial charge in [0.2, 0.25) is 4.33 Å². The van der Waals surface area contributed by atoms with Gasteiger partial charge in [-0.05, 0) is 6.42 Å². The quantitative estimate of drug-likeness (QED) is 0.531. The Morgan fingerprint density at radius 1 is 1.07 bits per heavy atom. The first-order chi connectivity index (χ1) is 5.98. The number of hydrogen-bond donors (Lipinski definition) is 0. The second-order valence-corrected chi connectivity index (χ2v) is 4.48. The van der Waals surface area contributed by atoms with E-state index < -0.39 is 21.8 Å². The summed E-state index contributed by atoms with van der Waals surface area (Å²) >= 11 is 15.1. The molecule has 0 rings (SSSR count). The highest BCUT2D eigenvalue weighted by molar-refractivity contribution is 6.53. The summed E-state index contributed by atoms with van der Waals surface area (Å²) in [4.78, 5) is 0. The molecule has 0 saturated carbocycles. The SMILES string of the molecule is CCC(Cl)C(Cl)(Cl)C(F)(F)C(F)(F)F. The molecule has 0 amide bonds. The standard InChI is InChI=1S/C6H6Cl3F5/c1-2-3(7)4(8,9)5(10,11)6(12,13)14/h3H,2H2,1H3. The monoisotopic (exact) mass is 278 g/mol. The lowest BCUT2D eigenvalue weighted by Gasteiger charge is -2.33. The van der Waals surface area contributed by atoms with Crippen LogP contribution in [0.1, 0.15) is 13.3 Å². The van der Waals surface area contributed by atoms with Crippen LogP contribution in [0.25, 0.3) is 0 Å². The van der Waals surface area contributed by atoms with Crippen molar-refractivity contribution in [3.63, 3.8) is 0 Å². The second-order valence-electron chi connectivity index (χ2n) is 2.57. The lowest BCUT2D eigenvalue weighted by atomic mass is 10.1. The van der Waals surface area contributed by atoms with Crippen molar-refractivity contribution < 1.29 is 22.0 Å². The van der Waals surface area contributed by atoms with Gasteiger partial charge >= 0.3 is 12.1 Å². The molecule has 0 aliphatic heterocycles. The van der Waals surface area contributed by atoms with Gasteiger partial charge in [-0.1, -0.05) is 30.1 Å². The molecule has 0 aromatic rings. The maximum atomic E-state index is 12.7. The highest BCUT2D eigenvalue weighted by Gasteiger charge is 2.71. The molecular formula is C6H6Cl3F5. The lowest BCUT2D eigenvalue weighted by Crippen LogP contribution is -2.54. The summed E-state index contributed by atoms with van der Waals surface area (Å²) in [6.45, 7) is 1.30. The van der Waals surface area contributed by atoms with Gasteiger partial charge in [-0.15, -0.1) is 11.6 Å². The van der Waals surface area contributed by atoms with E-state index in [-0.39, 0.29) is 6.42 Å². The molecule has 8 heteroatoms. The minimum absolute atomic E-state index is 0.208. The Hall–Kier alpha value is 0.520. The average molecular weight is 279 g/mol. The van der Waals surface area contributed by atoms with Gasteiger partial charge in [-0.3, -0.25) is 0 Å². The molecule has 0 bridgehead atoms. The van der Waals surface area contributed by atoms with Crippen molar-refractivity contribution in [3.8, 4) is 0 Å². The van der Waals surface area contributed by atoms with Gasteiger partial charge in [0, 0.05) is 0 Å². The van der Waals surface area contributed by atoms with Crippen LogP contribution in [-0.4, -0.2) is 21.8 Å². The first kappa shape index (κ1) is 14.5. The van der Waals surface area contributed by atoms with Crippen LogP contribution < -0.4 is 0 Å². The first-order valence-corrected chi connectivity index (χ1v) is 4.64. The van der Waals surface area contributed by atoms with E-state index in [9.17, 15) is 22.0 Å². The summed E-state index contributed by atoms with van der Waals surface area (Å²) in [6.07, 6.45) is -6.03. The van der Waals surface area contributed by atoms with Crippen molar-refractivity contribution >= 4 is 34.8 Å². The van der Waals surface area contributed by atoms with Gasteiger partial charge < -0.3 is 0 Å². The van der Waals surface area contributed by atoms with E-state index in [0.29, 0.717) is 0 Å². The van der Waals surface area contributed by atoms with Crippen LogP contribution in [0, 0.1) is 0 Å². The molecule has 1 unspecified atom stereocenters. The predicted molar refractivity (Wildman–Crippen MR) is 45.4 cm³/mol. The molecule has 86 valence electrons. The van der Waals surface area contributed by atoms with E-state index in [2.05, 4.69) is 0 Å². The molecule has 14 heavy (non-hydrogen) atoms. The number of rotatable bonds is 3. The predicted octanol–water partition coefficient (Wildman–Crippen LogP) is 4.38. The van der Waals surface area contributed by atoms with Gasteiger partial charge in [0.05, 0.1) is 5.38 Å². The summed E-state index contributed by atoms with van der Waals surface area (Å²) in [7, 11) is 0. The van der Waals surface area contributed by atoms with Crippen LogP contribution in [0.5, 0.6) is 0 Å². The second kappa shape index (κ2) is 4.18. The highest BCUT2D eigenvalue weighted by Crippen LogP contribution is 2.52. The first-order valence-electron chi connectivity index (χ1n) is 3.45. The third kappa shape index (κ3) is 2.36. The topological polar surface area (TPSA) is 0 Å². The van der Waals surface area contributed by atoms with Crippen molar-refractivity contribution in [2.75, 3.05) is 0 Å². The van der Waals surface area contributed by atoms with Crippen LogP contribution in [0.2, 0.25) is 0 Å². The summed E-state index contributed by atoms with van der Waals surface area (Å²) in [6, 6.07) is 0. The number of alkyl halides is 8. The Bertz CT molecular complexity index is 200. The van der Waals surface area contributed by atoms with E-state index in [1.807, 2.05) is 0 Å². The van der Waals surface area contributed by atoms with Crippen LogP contribution >= 0.6 is 34.8 Å². The Balaban J connectivity index is 5.07. The average Bonchev–Trinajstić information content (AvgIpc) is 2.00. The summed E-state index contributed by atoms with van der Waals surface area (Å²) in [5.41, 5.74) is 0. The van der Waals surface area contributed by atoms with Crippen molar-refractivity contribution in [1.29, 1.82) is 0 Å². The molecule has 0 fully saturated rings. The zero-order valence-corrected chi connectivity index (χ0v) is 9.08. The normalized spacial score (nSPS) is 16.9. The third-order valence-electron chi connectivity index (χ3n) is 1.53. The molecule has 0 heterocycles. The number of hydrogen-bond acceptors (Lipinski definition) is 0. The van der Waals surface area contributed by atoms with Crippen LogP contribution in [-0.2, 0) is 0 Å². The molecule has 0 nitrogen and oxygen atoms in total. The Kier molecular flexibility index (Phi) is 4.33. The van der Waals surface area contributed by atoms with Gasteiger partial charge in [0.1, 0.15) is 0 Å². The van der Waals surface area contributed by atoms with E-state index in [0.717, 1.165) is 0 Å². The van der Waals surface area contributed by atoms with Crippen LogP contribution in [0.15, 0.2) is 0 Å². The maximum Gasteiger partial charge on any atom is 0.456 e. The number of halogens is 8. The molecule has 0 radical (unpaired) electrons. The van der Waals surface area contributed by atoms with Gasteiger partial charge in [-0.25, -0.2) is 0 Å². The molecule has 0 spiro atoms. The van der Waals surface area contributed by atoms with E-state index in [1.165, 1.54) is 6.92 Å². The minimum atomic E-state index is -5.82. The van der Waals surface area contributed by atoms with E-state index in [1.54, 1.807) is 0 Å². The fourth-order valence-corrected chi connectivity index (χ4v) is 1.30. The van der Waals surface area contributed by atoms with Crippen molar-refractivity contribution in [2.24, 2.45) is 0 Å². The molecule has 1 atom stereocenters. The van der Waals surface area contributed by atoms with Crippen LogP contribution in [0.4, 0.5) is 22.0 Å². The van der Waals surface area contributed by atoms with E-state index in [4.69, 9.17) is 34.8 Å². The lowest BCUT2D eigenvalue weighted by molar-refractivity contribution is -0.287. The van der Waals surface area contributed by atoms with Crippen molar-refractivity contribution in [1.82, 2.24) is 0 Å². The van der Waals surface area contributed by atoms with Crippen LogP contribution in [0.3, 0.4) is 0 Å². The smallest absolute Gasteiger partial charge is 0.193 e. The van der Waals surface area contributed by atoms with Crippen molar-refractivity contribution in [2.45, 2.75) is 35.2 Å². The molecule has 0 aromatic carbocycles. The Labute approximate surface area is 92.3 Å².